The van der Waals surface area contributed by atoms with E-state index in [0.29, 0.717) is 0 Å². The smallest absolute Gasteiger partial charge is 0.00672 e. The van der Waals surface area contributed by atoms with E-state index in [9.17, 15) is 0 Å². The molecule has 0 aliphatic heterocycles. The molecule has 1 N–H and O–H groups in total. The van der Waals surface area contributed by atoms with E-state index in [4.69, 9.17) is 0 Å². The van der Waals surface area contributed by atoms with Gasteiger partial charge in [0.2, 0.25) is 0 Å². The molecule has 1 heteroatoms. The van der Waals surface area contributed by atoms with Gasteiger partial charge in [-0.15, -0.1) is 0 Å². The molecular formula is C20H37N. The third-order valence-electron chi connectivity index (χ3n) is 5.99. The summed E-state index contributed by atoms with van der Waals surface area (Å²) in [4.78, 5) is 0. The van der Waals surface area contributed by atoms with Crippen LogP contribution in [-0.4, -0.2) is 12.6 Å². The van der Waals surface area contributed by atoms with Gasteiger partial charge < -0.3 is 5.32 Å². The second kappa shape index (κ2) is 9.66. The maximum absolute atomic E-state index is 3.72. The largest absolute Gasteiger partial charge is 0.314 e. The van der Waals surface area contributed by atoms with Crippen molar-refractivity contribution in [3.63, 3.8) is 0 Å². The highest BCUT2D eigenvalue weighted by molar-refractivity contribution is 4.85. The molecule has 2 rings (SSSR count). The average Bonchev–Trinajstić information content (AvgIpc) is 2.54. The van der Waals surface area contributed by atoms with Crippen LogP contribution in [0, 0.1) is 17.8 Å². The predicted octanol–water partition coefficient (Wildman–Crippen LogP) is 5.71. The van der Waals surface area contributed by atoms with Crippen LogP contribution in [0.4, 0.5) is 0 Å². The molecule has 2 saturated carbocycles. The molecule has 0 atom stereocenters. The van der Waals surface area contributed by atoms with E-state index in [-0.39, 0.29) is 0 Å². The van der Waals surface area contributed by atoms with Gasteiger partial charge in [0.15, 0.2) is 0 Å². The summed E-state index contributed by atoms with van der Waals surface area (Å²) in [5.41, 5.74) is 0. The van der Waals surface area contributed by atoms with E-state index < -0.39 is 0 Å². The van der Waals surface area contributed by atoms with E-state index in [1.807, 2.05) is 0 Å². The average molecular weight is 292 g/mol. The number of hydrogen-bond acceptors (Lipinski definition) is 1. The standard InChI is InChI=1S/C20H37N/c1-3-5-6-7-17-8-10-18(11-9-17)19-12-14-20(15-13-19)21-16-4-2/h3,5,17-21H,4,6-16H2,1-2H3/b5-3+. The molecule has 0 unspecified atom stereocenters. The minimum absolute atomic E-state index is 0.832. The zero-order valence-corrected chi connectivity index (χ0v) is 14.4. The first-order valence-corrected chi connectivity index (χ1v) is 9.68. The van der Waals surface area contributed by atoms with Crippen LogP contribution in [0.2, 0.25) is 0 Å². The van der Waals surface area contributed by atoms with Crippen molar-refractivity contribution in [1.29, 1.82) is 0 Å². The molecular weight excluding hydrogens is 254 g/mol. The molecule has 0 aromatic heterocycles. The molecule has 122 valence electrons. The Labute approximate surface area is 133 Å². The van der Waals surface area contributed by atoms with Gasteiger partial charge in [0.1, 0.15) is 0 Å². The van der Waals surface area contributed by atoms with E-state index in [0.717, 1.165) is 23.8 Å². The molecule has 2 fully saturated rings. The zero-order chi connectivity index (χ0) is 14.9. The summed E-state index contributed by atoms with van der Waals surface area (Å²) in [6, 6.07) is 0.832. The Bertz CT molecular complexity index is 280. The van der Waals surface area contributed by atoms with E-state index >= 15 is 0 Å². The molecule has 2 aliphatic carbocycles. The molecule has 0 radical (unpaired) electrons. The molecule has 1 nitrogen and oxygen atoms in total. The van der Waals surface area contributed by atoms with Gasteiger partial charge in [-0.25, -0.2) is 0 Å². The maximum atomic E-state index is 3.72. The second-order valence-electron chi connectivity index (χ2n) is 7.49. The lowest BCUT2D eigenvalue weighted by molar-refractivity contribution is 0.151. The highest BCUT2D eigenvalue weighted by Crippen LogP contribution is 2.41. The van der Waals surface area contributed by atoms with Crippen molar-refractivity contribution in [3.8, 4) is 0 Å². The summed E-state index contributed by atoms with van der Waals surface area (Å²) in [5.74, 6) is 3.15. The van der Waals surface area contributed by atoms with Crippen LogP contribution >= 0.6 is 0 Å². The van der Waals surface area contributed by atoms with Crippen molar-refractivity contribution >= 4 is 0 Å². The van der Waals surface area contributed by atoms with Crippen molar-refractivity contribution in [2.75, 3.05) is 6.54 Å². The van der Waals surface area contributed by atoms with Crippen LogP contribution in [0.15, 0.2) is 12.2 Å². The third kappa shape index (κ3) is 5.77. The Hall–Kier alpha value is -0.300. The van der Waals surface area contributed by atoms with Crippen molar-refractivity contribution in [1.82, 2.24) is 5.32 Å². The van der Waals surface area contributed by atoms with E-state index in [1.165, 1.54) is 77.2 Å². The summed E-state index contributed by atoms with van der Waals surface area (Å²) in [6.07, 6.45) is 20.5. The molecule has 0 spiro atoms. The first kappa shape index (κ1) is 17.1. The molecule has 0 aromatic carbocycles. The molecule has 0 saturated heterocycles. The Kier molecular flexibility index (Phi) is 7.85. The molecule has 0 heterocycles. The second-order valence-corrected chi connectivity index (χ2v) is 7.49. The Balaban J connectivity index is 1.62. The molecule has 0 bridgehead atoms. The monoisotopic (exact) mass is 291 g/mol. The number of hydrogen-bond donors (Lipinski definition) is 1. The van der Waals surface area contributed by atoms with Crippen molar-refractivity contribution in [2.24, 2.45) is 17.8 Å². The SMILES string of the molecule is C/C=C/CCC1CCC(C2CCC(NCCC)CC2)CC1. The third-order valence-corrected chi connectivity index (χ3v) is 5.99. The fourth-order valence-electron chi connectivity index (χ4n) is 4.59. The summed E-state index contributed by atoms with van der Waals surface area (Å²) in [5, 5.41) is 3.72. The fraction of sp³-hybridized carbons (Fsp3) is 0.900. The van der Waals surface area contributed by atoms with Crippen LogP contribution in [0.25, 0.3) is 0 Å². The highest BCUT2D eigenvalue weighted by atomic mass is 14.9. The van der Waals surface area contributed by atoms with E-state index in [2.05, 4.69) is 31.3 Å². The van der Waals surface area contributed by atoms with Gasteiger partial charge in [0, 0.05) is 6.04 Å². The predicted molar refractivity (Wildman–Crippen MR) is 93.5 cm³/mol. The summed E-state index contributed by atoms with van der Waals surface area (Å²) in [6.45, 7) is 5.63. The zero-order valence-electron chi connectivity index (χ0n) is 14.4. The lowest BCUT2D eigenvalue weighted by Crippen LogP contribution is -2.35. The van der Waals surface area contributed by atoms with Gasteiger partial charge in [-0.1, -0.05) is 31.9 Å². The van der Waals surface area contributed by atoms with Gasteiger partial charge in [-0.05, 0) is 89.0 Å². The number of nitrogens with one attached hydrogen (secondary N) is 1. The van der Waals surface area contributed by atoms with Crippen LogP contribution in [-0.2, 0) is 0 Å². The quantitative estimate of drug-likeness (QED) is 0.593. The molecule has 0 amide bonds. The number of allylic oxidation sites excluding steroid dienone is 2. The summed E-state index contributed by atoms with van der Waals surface area (Å²) < 4.78 is 0. The minimum Gasteiger partial charge on any atom is -0.314 e. The van der Waals surface area contributed by atoms with Gasteiger partial charge >= 0.3 is 0 Å². The molecule has 0 aromatic rings. The fourth-order valence-corrected chi connectivity index (χ4v) is 4.59. The van der Waals surface area contributed by atoms with Crippen molar-refractivity contribution < 1.29 is 0 Å². The maximum Gasteiger partial charge on any atom is 0.00672 e. The van der Waals surface area contributed by atoms with Gasteiger partial charge in [-0.3, -0.25) is 0 Å². The Morgan fingerprint density at radius 3 is 2.10 bits per heavy atom. The summed E-state index contributed by atoms with van der Waals surface area (Å²) >= 11 is 0. The minimum atomic E-state index is 0.832. The van der Waals surface area contributed by atoms with Crippen LogP contribution in [0.1, 0.15) is 84.5 Å². The molecule has 21 heavy (non-hydrogen) atoms. The molecule has 2 aliphatic rings. The van der Waals surface area contributed by atoms with Gasteiger partial charge in [-0.2, -0.15) is 0 Å². The van der Waals surface area contributed by atoms with Crippen LogP contribution < -0.4 is 5.32 Å². The normalized spacial score (nSPS) is 34.4. The lowest BCUT2D eigenvalue weighted by atomic mass is 9.69. The number of rotatable bonds is 7. The van der Waals surface area contributed by atoms with Crippen LogP contribution in [0.3, 0.4) is 0 Å². The first-order valence-electron chi connectivity index (χ1n) is 9.68. The van der Waals surface area contributed by atoms with Crippen LogP contribution in [0.5, 0.6) is 0 Å². The Morgan fingerprint density at radius 2 is 1.52 bits per heavy atom. The Morgan fingerprint density at radius 1 is 0.905 bits per heavy atom. The van der Waals surface area contributed by atoms with Gasteiger partial charge in [0.05, 0.1) is 0 Å². The summed E-state index contributed by atoms with van der Waals surface area (Å²) in [7, 11) is 0. The van der Waals surface area contributed by atoms with Crippen molar-refractivity contribution in [3.05, 3.63) is 12.2 Å². The highest BCUT2D eigenvalue weighted by Gasteiger charge is 2.30. The van der Waals surface area contributed by atoms with E-state index in [1.54, 1.807) is 0 Å². The lowest BCUT2D eigenvalue weighted by Gasteiger charge is -2.38. The first-order chi connectivity index (χ1) is 10.3. The van der Waals surface area contributed by atoms with Gasteiger partial charge in [0.25, 0.3) is 0 Å². The topological polar surface area (TPSA) is 12.0 Å². The van der Waals surface area contributed by atoms with Crippen molar-refractivity contribution in [2.45, 2.75) is 90.5 Å².